The van der Waals surface area contributed by atoms with E-state index in [1.165, 1.54) is 12.8 Å². The number of carbonyl (C=O) groups is 1. The van der Waals surface area contributed by atoms with E-state index in [1.54, 1.807) is 0 Å². The van der Waals surface area contributed by atoms with Gasteiger partial charge in [0.05, 0.1) is 0 Å². The van der Waals surface area contributed by atoms with Crippen LogP contribution in [0.3, 0.4) is 0 Å². The van der Waals surface area contributed by atoms with Crippen LogP contribution in [0.2, 0.25) is 0 Å². The summed E-state index contributed by atoms with van der Waals surface area (Å²) in [5.41, 5.74) is 6.10. The fraction of sp³-hybridized carbons (Fsp3) is 0.933. The van der Waals surface area contributed by atoms with Crippen molar-refractivity contribution in [2.45, 2.75) is 64.0 Å². The summed E-state index contributed by atoms with van der Waals surface area (Å²) in [6.07, 6.45) is 7.36. The average Bonchev–Trinajstić information content (AvgIpc) is 2.42. The minimum Gasteiger partial charge on any atom is -0.381 e. The Kier molecular flexibility index (Phi) is 5.64. The Labute approximate surface area is 116 Å². The summed E-state index contributed by atoms with van der Waals surface area (Å²) in [5, 5.41) is 3.17. The van der Waals surface area contributed by atoms with Crippen LogP contribution in [-0.4, -0.2) is 31.2 Å². The summed E-state index contributed by atoms with van der Waals surface area (Å²) in [5.74, 6) is 1.13. The van der Waals surface area contributed by atoms with Gasteiger partial charge in [0.2, 0.25) is 5.91 Å². The standard InChI is InChI=1S/C15H28N2O2/c1-11(12-6-8-19-9-7-12)17-15(18)10-13-4-2-3-5-14(13)16/h11-14H,2-10,16H2,1H3,(H,17,18). The average molecular weight is 268 g/mol. The number of amides is 1. The zero-order valence-corrected chi connectivity index (χ0v) is 12.1. The highest BCUT2D eigenvalue weighted by atomic mass is 16.5. The molecule has 1 aliphatic heterocycles. The second kappa shape index (κ2) is 7.25. The van der Waals surface area contributed by atoms with E-state index in [0.29, 0.717) is 18.3 Å². The summed E-state index contributed by atoms with van der Waals surface area (Å²) in [4.78, 5) is 12.1. The van der Waals surface area contributed by atoms with Crippen molar-refractivity contribution in [3.63, 3.8) is 0 Å². The van der Waals surface area contributed by atoms with Gasteiger partial charge in [-0.2, -0.15) is 0 Å². The highest BCUT2D eigenvalue weighted by Gasteiger charge is 2.26. The van der Waals surface area contributed by atoms with E-state index in [-0.39, 0.29) is 18.0 Å². The molecule has 0 spiro atoms. The van der Waals surface area contributed by atoms with E-state index in [2.05, 4.69) is 12.2 Å². The summed E-state index contributed by atoms with van der Waals surface area (Å²) in [7, 11) is 0. The van der Waals surface area contributed by atoms with E-state index >= 15 is 0 Å². The second-order valence-electron chi connectivity index (χ2n) is 6.22. The Morgan fingerprint density at radius 3 is 2.63 bits per heavy atom. The van der Waals surface area contributed by atoms with Gasteiger partial charge in [-0.25, -0.2) is 0 Å². The molecule has 2 rings (SSSR count). The van der Waals surface area contributed by atoms with Crippen LogP contribution < -0.4 is 11.1 Å². The van der Waals surface area contributed by atoms with E-state index < -0.39 is 0 Å². The molecule has 1 heterocycles. The number of ether oxygens (including phenoxy) is 1. The molecule has 3 atom stereocenters. The number of rotatable bonds is 4. The third kappa shape index (κ3) is 4.46. The Hall–Kier alpha value is -0.610. The first-order valence-electron chi connectivity index (χ1n) is 7.79. The van der Waals surface area contributed by atoms with Crippen molar-refractivity contribution in [3.05, 3.63) is 0 Å². The molecule has 3 N–H and O–H groups in total. The van der Waals surface area contributed by atoms with Gasteiger partial charge in [0, 0.05) is 31.7 Å². The van der Waals surface area contributed by atoms with E-state index in [0.717, 1.165) is 38.9 Å². The maximum Gasteiger partial charge on any atom is 0.220 e. The van der Waals surface area contributed by atoms with Gasteiger partial charge in [-0.05, 0) is 44.4 Å². The van der Waals surface area contributed by atoms with Crippen molar-refractivity contribution in [3.8, 4) is 0 Å². The van der Waals surface area contributed by atoms with E-state index in [1.807, 2.05) is 0 Å². The molecule has 1 aliphatic carbocycles. The van der Waals surface area contributed by atoms with Crippen LogP contribution in [0.1, 0.15) is 51.9 Å². The van der Waals surface area contributed by atoms with Gasteiger partial charge in [-0.15, -0.1) is 0 Å². The molecule has 0 aromatic rings. The quantitative estimate of drug-likeness (QED) is 0.817. The zero-order valence-electron chi connectivity index (χ0n) is 12.1. The van der Waals surface area contributed by atoms with Crippen LogP contribution >= 0.6 is 0 Å². The molecule has 19 heavy (non-hydrogen) atoms. The number of nitrogens with one attached hydrogen (secondary N) is 1. The second-order valence-corrected chi connectivity index (χ2v) is 6.22. The normalized spacial score (nSPS) is 30.8. The third-order valence-corrected chi connectivity index (χ3v) is 4.78. The molecule has 0 aromatic carbocycles. The maximum atomic E-state index is 12.1. The number of hydrogen-bond acceptors (Lipinski definition) is 3. The monoisotopic (exact) mass is 268 g/mol. The third-order valence-electron chi connectivity index (χ3n) is 4.78. The molecule has 4 heteroatoms. The lowest BCUT2D eigenvalue weighted by molar-refractivity contribution is -0.123. The topological polar surface area (TPSA) is 64.4 Å². The van der Waals surface area contributed by atoms with Gasteiger partial charge in [0.15, 0.2) is 0 Å². The first kappa shape index (κ1) is 14.8. The molecule has 2 fully saturated rings. The fourth-order valence-corrected chi connectivity index (χ4v) is 3.37. The largest absolute Gasteiger partial charge is 0.381 e. The highest BCUT2D eigenvalue weighted by molar-refractivity contribution is 5.76. The summed E-state index contributed by atoms with van der Waals surface area (Å²) < 4.78 is 5.36. The van der Waals surface area contributed by atoms with Crippen LogP contribution in [0.5, 0.6) is 0 Å². The zero-order chi connectivity index (χ0) is 13.7. The number of nitrogens with two attached hydrogens (primary N) is 1. The Morgan fingerprint density at radius 1 is 1.26 bits per heavy atom. The van der Waals surface area contributed by atoms with Crippen molar-refractivity contribution in [1.82, 2.24) is 5.32 Å². The van der Waals surface area contributed by atoms with Crippen molar-refractivity contribution in [2.75, 3.05) is 13.2 Å². The molecule has 2 aliphatic rings. The molecular weight excluding hydrogens is 240 g/mol. The summed E-state index contributed by atoms with van der Waals surface area (Å²) in [6, 6.07) is 0.481. The van der Waals surface area contributed by atoms with E-state index in [9.17, 15) is 4.79 Å². The predicted octanol–water partition coefficient (Wildman–Crippen LogP) is 1.83. The molecule has 3 unspecified atom stereocenters. The van der Waals surface area contributed by atoms with Crippen molar-refractivity contribution in [1.29, 1.82) is 0 Å². The molecule has 0 bridgehead atoms. The van der Waals surface area contributed by atoms with Gasteiger partial charge >= 0.3 is 0 Å². The van der Waals surface area contributed by atoms with Gasteiger partial charge in [-0.1, -0.05) is 12.8 Å². The van der Waals surface area contributed by atoms with Crippen molar-refractivity contribution < 1.29 is 9.53 Å². The first-order valence-corrected chi connectivity index (χ1v) is 7.79. The lowest BCUT2D eigenvalue weighted by atomic mass is 9.82. The van der Waals surface area contributed by atoms with Crippen LogP contribution in [0.4, 0.5) is 0 Å². The molecule has 110 valence electrons. The van der Waals surface area contributed by atoms with Crippen molar-refractivity contribution >= 4 is 5.91 Å². The number of hydrogen-bond donors (Lipinski definition) is 2. The maximum absolute atomic E-state index is 12.1. The van der Waals surface area contributed by atoms with Crippen LogP contribution in [-0.2, 0) is 9.53 Å². The highest BCUT2D eigenvalue weighted by Crippen LogP contribution is 2.26. The molecule has 0 radical (unpaired) electrons. The van der Waals surface area contributed by atoms with Gasteiger partial charge < -0.3 is 15.8 Å². The summed E-state index contributed by atoms with van der Waals surface area (Å²) >= 11 is 0. The summed E-state index contributed by atoms with van der Waals surface area (Å²) in [6.45, 7) is 3.78. The smallest absolute Gasteiger partial charge is 0.220 e. The Balaban J connectivity index is 1.73. The predicted molar refractivity (Wildman–Crippen MR) is 75.7 cm³/mol. The first-order chi connectivity index (χ1) is 9.16. The van der Waals surface area contributed by atoms with Crippen LogP contribution in [0.25, 0.3) is 0 Å². The molecule has 1 saturated heterocycles. The minimum absolute atomic E-state index is 0.182. The van der Waals surface area contributed by atoms with Crippen LogP contribution in [0, 0.1) is 11.8 Å². The fourth-order valence-electron chi connectivity index (χ4n) is 3.37. The Bertz CT molecular complexity index is 290. The minimum atomic E-state index is 0.182. The van der Waals surface area contributed by atoms with Gasteiger partial charge in [0.1, 0.15) is 0 Å². The van der Waals surface area contributed by atoms with E-state index in [4.69, 9.17) is 10.5 Å². The SMILES string of the molecule is CC(NC(=O)CC1CCCCC1N)C1CCOCC1. The van der Waals surface area contributed by atoms with Crippen LogP contribution in [0.15, 0.2) is 0 Å². The van der Waals surface area contributed by atoms with Crippen molar-refractivity contribution in [2.24, 2.45) is 17.6 Å². The molecule has 0 aromatic heterocycles. The molecular formula is C15H28N2O2. The lowest BCUT2D eigenvalue weighted by Crippen LogP contribution is -2.43. The number of carbonyl (C=O) groups excluding carboxylic acids is 1. The Morgan fingerprint density at radius 2 is 1.95 bits per heavy atom. The lowest BCUT2D eigenvalue weighted by Gasteiger charge is -2.31. The van der Waals surface area contributed by atoms with Gasteiger partial charge in [-0.3, -0.25) is 4.79 Å². The van der Waals surface area contributed by atoms with Gasteiger partial charge in [0.25, 0.3) is 0 Å². The molecule has 1 amide bonds. The molecule has 1 saturated carbocycles. The molecule has 4 nitrogen and oxygen atoms in total.